The van der Waals surface area contributed by atoms with Gasteiger partial charge >= 0.3 is 5.97 Å². The maximum atomic E-state index is 12.1. The number of benzene rings is 1. The fourth-order valence-corrected chi connectivity index (χ4v) is 2.72. The van der Waals surface area contributed by atoms with Crippen molar-refractivity contribution < 1.29 is 24.2 Å². The molecule has 5 nitrogen and oxygen atoms in total. The molecule has 24 heavy (non-hydrogen) atoms. The minimum atomic E-state index is -1.03. The average molecular weight is 346 g/mol. The van der Waals surface area contributed by atoms with Crippen LogP contribution in [0.5, 0.6) is 11.5 Å². The standard InChI is InChI=1S/C18H18O5S/c1-3-10-23-14-7-5-12(11-15(14)22-2)4-6-13(19)16-8-9-17(24-16)18(20)21/h4-9,11H,3,10H2,1-2H3,(H,20,21)/b6-4+. The lowest BCUT2D eigenvalue weighted by atomic mass is 10.1. The molecule has 0 saturated carbocycles. The van der Waals surface area contributed by atoms with Gasteiger partial charge < -0.3 is 14.6 Å². The smallest absolute Gasteiger partial charge is 0.345 e. The van der Waals surface area contributed by atoms with Crippen LogP contribution in [0.15, 0.2) is 36.4 Å². The number of carboxylic acid groups (broad SMARTS) is 1. The van der Waals surface area contributed by atoms with Crippen LogP contribution in [0.25, 0.3) is 6.08 Å². The molecule has 0 radical (unpaired) electrons. The van der Waals surface area contributed by atoms with Gasteiger partial charge in [-0.05, 0) is 42.3 Å². The van der Waals surface area contributed by atoms with Gasteiger partial charge in [0.15, 0.2) is 17.3 Å². The third kappa shape index (κ3) is 4.45. The van der Waals surface area contributed by atoms with Crippen molar-refractivity contribution in [2.45, 2.75) is 13.3 Å². The summed E-state index contributed by atoms with van der Waals surface area (Å²) >= 11 is 0.958. The van der Waals surface area contributed by atoms with E-state index in [2.05, 4.69) is 0 Å². The van der Waals surface area contributed by atoms with E-state index in [0.717, 1.165) is 23.3 Å². The number of carboxylic acids is 1. The van der Waals surface area contributed by atoms with Gasteiger partial charge in [-0.2, -0.15) is 0 Å². The van der Waals surface area contributed by atoms with Crippen LogP contribution in [0.3, 0.4) is 0 Å². The third-order valence-corrected chi connectivity index (χ3v) is 4.22. The van der Waals surface area contributed by atoms with Gasteiger partial charge in [-0.3, -0.25) is 4.79 Å². The van der Waals surface area contributed by atoms with Crippen LogP contribution in [-0.4, -0.2) is 30.6 Å². The van der Waals surface area contributed by atoms with Gasteiger partial charge in [0.05, 0.1) is 18.6 Å². The molecule has 0 spiro atoms. The van der Waals surface area contributed by atoms with E-state index >= 15 is 0 Å². The summed E-state index contributed by atoms with van der Waals surface area (Å²) in [4.78, 5) is 23.5. The van der Waals surface area contributed by atoms with Gasteiger partial charge in [0.1, 0.15) is 4.88 Å². The first-order valence-corrected chi connectivity index (χ1v) is 8.23. The number of aromatic carboxylic acids is 1. The van der Waals surface area contributed by atoms with Crippen LogP contribution in [0.4, 0.5) is 0 Å². The molecule has 2 aromatic rings. The molecular formula is C18H18O5S. The van der Waals surface area contributed by atoms with Gasteiger partial charge in [-0.25, -0.2) is 4.79 Å². The Balaban J connectivity index is 2.12. The summed E-state index contributed by atoms with van der Waals surface area (Å²) in [6.45, 7) is 2.63. The summed E-state index contributed by atoms with van der Waals surface area (Å²) in [6.07, 6.45) is 3.98. The molecule has 0 aliphatic carbocycles. The van der Waals surface area contributed by atoms with Gasteiger partial charge in [0.25, 0.3) is 0 Å². The van der Waals surface area contributed by atoms with E-state index in [1.807, 2.05) is 13.0 Å². The number of carbonyl (C=O) groups excluding carboxylic acids is 1. The molecule has 1 aromatic carbocycles. The predicted molar refractivity (Wildman–Crippen MR) is 93.4 cm³/mol. The highest BCUT2D eigenvalue weighted by Crippen LogP contribution is 2.28. The van der Waals surface area contributed by atoms with E-state index in [0.29, 0.717) is 23.0 Å². The number of hydrogen-bond donors (Lipinski definition) is 1. The number of thiophene rings is 1. The Morgan fingerprint density at radius 2 is 1.92 bits per heavy atom. The molecule has 0 aliphatic heterocycles. The van der Waals surface area contributed by atoms with Crippen molar-refractivity contribution in [2.75, 3.05) is 13.7 Å². The Bertz CT molecular complexity index is 761. The quantitative estimate of drug-likeness (QED) is 0.574. The van der Waals surface area contributed by atoms with Crippen LogP contribution >= 0.6 is 11.3 Å². The van der Waals surface area contributed by atoms with Crippen LogP contribution < -0.4 is 9.47 Å². The Kier molecular flexibility index (Phi) is 6.14. The molecule has 1 aromatic heterocycles. The first kappa shape index (κ1) is 17.7. The maximum Gasteiger partial charge on any atom is 0.345 e. The summed E-state index contributed by atoms with van der Waals surface area (Å²) in [7, 11) is 1.56. The van der Waals surface area contributed by atoms with E-state index in [-0.39, 0.29) is 10.7 Å². The maximum absolute atomic E-state index is 12.1. The number of ether oxygens (including phenoxy) is 2. The molecule has 0 saturated heterocycles. The first-order valence-electron chi connectivity index (χ1n) is 7.41. The second kappa shape index (κ2) is 8.31. The number of methoxy groups -OCH3 is 1. The highest BCUT2D eigenvalue weighted by Gasteiger charge is 2.11. The monoisotopic (exact) mass is 346 g/mol. The summed E-state index contributed by atoms with van der Waals surface area (Å²) < 4.78 is 10.9. The Hall–Kier alpha value is -2.60. The number of allylic oxidation sites excluding steroid dienone is 1. The van der Waals surface area contributed by atoms with Gasteiger partial charge in [0.2, 0.25) is 0 Å². The van der Waals surface area contributed by atoms with Crippen LogP contribution in [0.2, 0.25) is 0 Å². The van der Waals surface area contributed by atoms with Crippen molar-refractivity contribution in [1.29, 1.82) is 0 Å². The number of hydrogen-bond acceptors (Lipinski definition) is 5. The summed E-state index contributed by atoms with van der Waals surface area (Å²) in [6, 6.07) is 8.35. The van der Waals surface area contributed by atoms with Crippen molar-refractivity contribution in [1.82, 2.24) is 0 Å². The van der Waals surface area contributed by atoms with Gasteiger partial charge in [-0.1, -0.05) is 19.1 Å². The summed E-state index contributed by atoms with van der Waals surface area (Å²) in [5, 5.41) is 8.89. The number of rotatable bonds is 8. The van der Waals surface area contributed by atoms with Gasteiger partial charge in [0, 0.05) is 0 Å². The molecule has 6 heteroatoms. The fourth-order valence-electron chi connectivity index (χ4n) is 1.96. The van der Waals surface area contributed by atoms with E-state index in [9.17, 15) is 9.59 Å². The number of carbonyl (C=O) groups is 2. The highest BCUT2D eigenvalue weighted by molar-refractivity contribution is 7.16. The molecule has 0 fully saturated rings. The number of ketones is 1. The summed E-state index contributed by atoms with van der Waals surface area (Å²) in [5.41, 5.74) is 0.791. The minimum Gasteiger partial charge on any atom is -0.493 e. The van der Waals surface area contributed by atoms with Crippen molar-refractivity contribution >= 4 is 29.2 Å². The lowest BCUT2D eigenvalue weighted by Gasteiger charge is -2.10. The summed E-state index contributed by atoms with van der Waals surface area (Å²) in [5.74, 6) is -0.0114. The second-order valence-electron chi connectivity index (χ2n) is 4.93. The molecule has 0 aliphatic rings. The van der Waals surface area contributed by atoms with Crippen LogP contribution in [0.1, 0.15) is 38.3 Å². The minimum absolute atomic E-state index is 0.144. The molecule has 2 rings (SSSR count). The lowest BCUT2D eigenvalue weighted by Crippen LogP contribution is -1.98. The van der Waals surface area contributed by atoms with Crippen molar-refractivity contribution in [3.8, 4) is 11.5 Å². The van der Waals surface area contributed by atoms with Gasteiger partial charge in [-0.15, -0.1) is 11.3 Å². The Morgan fingerprint density at radius 3 is 2.54 bits per heavy atom. The van der Waals surface area contributed by atoms with E-state index < -0.39 is 5.97 Å². The molecule has 0 unspecified atom stereocenters. The predicted octanol–water partition coefficient (Wildman–Crippen LogP) is 4.14. The molecule has 0 atom stereocenters. The zero-order valence-electron chi connectivity index (χ0n) is 13.4. The van der Waals surface area contributed by atoms with E-state index in [4.69, 9.17) is 14.6 Å². The normalized spacial score (nSPS) is 10.8. The Morgan fingerprint density at radius 1 is 1.17 bits per heavy atom. The van der Waals surface area contributed by atoms with E-state index in [1.165, 1.54) is 18.2 Å². The van der Waals surface area contributed by atoms with Crippen LogP contribution in [-0.2, 0) is 0 Å². The lowest BCUT2D eigenvalue weighted by molar-refractivity contribution is 0.0702. The van der Waals surface area contributed by atoms with Crippen molar-refractivity contribution in [2.24, 2.45) is 0 Å². The molecule has 126 valence electrons. The average Bonchev–Trinajstić information content (AvgIpc) is 3.08. The molecular weight excluding hydrogens is 328 g/mol. The second-order valence-corrected chi connectivity index (χ2v) is 6.01. The molecule has 1 heterocycles. The molecule has 0 amide bonds. The van der Waals surface area contributed by atoms with Crippen molar-refractivity contribution in [3.05, 3.63) is 51.7 Å². The fraction of sp³-hybridized carbons (Fsp3) is 0.222. The third-order valence-electron chi connectivity index (χ3n) is 3.14. The van der Waals surface area contributed by atoms with Crippen molar-refractivity contribution in [3.63, 3.8) is 0 Å². The molecule has 0 bridgehead atoms. The topological polar surface area (TPSA) is 72.8 Å². The van der Waals surface area contributed by atoms with E-state index in [1.54, 1.807) is 25.3 Å². The zero-order valence-corrected chi connectivity index (χ0v) is 14.3. The SMILES string of the molecule is CCCOc1ccc(/C=C/C(=O)c2ccc(C(=O)O)s2)cc1OC. The molecule has 1 N–H and O–H groups in total. The Labute approximate surface area is 144 Å². The largest absolute Gasteiger partial charge is 0.493 e. The first-order chi connectivity index (χ1) is 11.5. The van der Waals surface area contributed by atoms with Crippen LogP contribution in [0, 0.1) is 0 Å². The highest BCUT2D eigenvalue weighted by atomic mass is 32.1. The zero-order chi connectivity index (χ0) is 17.5.